The zero-order valence-corrected chi connectivity index (χ0v) is 17.1. The molecule has 2 amide bonds. The number of carbonyl (C=O) groups excluding carboxylic acids is 2. The molecule has 1 aromatic carbocycles. The number of hydrogen-bond acceptors (Lipinski definition) is 6. The fourth-order valence-electron chi connectivity index (χ4n) is 3.45. The summed E-state index contributed by atoms with van der Waals surface area (Å²) >= 11 is 1.41. The summed E-state index contributed by atoms with van der Waals surface area (Å²) in [6.45, 7) is 1.29. The molecule has 0 bridgehead atoms. The fourth-order valence-corrected chi connectivity index (χ4v) is 4.10. The van der Waals surface area contributed by atoms with Gasteiger partial charge in [0.05, 0.1) is 4.88 Å². The van der Waals surface area contributed by atoms with Crippen LogP contribution in [-0.4, -0.2) is 39.6 Å². The summed E-state index contributed by atoms with van der Waals surface area (Å²) in [6.07, 6.45) is 1.20. The summed E-state index contributed by atoms with van der Waals surface area (Å²) in [5.74, 6) is -0.734. The standard InChI is InChI=1S/C21H22N4O4S/c26-18(14-25-21(28)29-20(23-25)17-7-4-12-30-17)24-10-8-16(9-11-24)19(27)22-13-15-5-2-1-3-6-15/h1-7,12,16H,8-11,13-14H2,(H,22,27). The maximum absolute atomic E-state index is 12.6. The lowest BCUT2D eigenvalue weighted by molar-refractivity contribution is -0.136. The smallest absolute Gasteiger partial charge is 0.387 e. The van der Waals surface area contributed by atoms with Crippen LogP contribution >= 0.6 is 11.3 Å². The van der Waals surface area contributed by atoms with E-state index < -0.39 is 5.76 Å². The molecule has 0 spiro atoms. The van der Waals surface area contributed by atoms with Gasteiger partial charge in [-0.05, 0) is 29.9 Å². The number of benzene rings is 1. The van der Waals surface area contributed by atoms with Gasteiger partial charge in [0.25, 0.3) is 5.89 Å². The van der Waals surface area contributed by atoms with E-state index in [0.717, 1.165) is 15.1 Å². The molecule has 1 aliphatic rings. The van der Waals surface area contributed by atoms with Crippen molar-refractivity contribution in [2.24, 2.45) is 5.92 Å². The van der Waals surface area contributed by atoms with Crippen LogP contribution in [0.3, 0.4) is 0 Å². The molecule has 1 N–H and O–H groups in total. The van der Waals surface area contributed by atoms with Crippen LogP contribution in [0.2, 0.25) is 0 Å². The van der Waals surface area contributed by atoms with Gasteiger partial charge >= 0.3 is 5.76 Å². The Morgan fingerprint density at radius 1 is 1.13 bits per heavy atom. The number of nitrogens with one attached hydrogen (secondary N) is 1. The van der Waals surface area contributed by atoms with Gasteiger partial charge in [-0.3, -0.25) is 9.59 Å². The van der Waals surface area contributed by atoms with Crippen molar-refractivity contribution in [3.8, 4) is 10.8 Å². The minimum Gasteiger partial charge on any atom is -0.387 e. The van der Waals surface area contributed by atoms with E-state index in [4.69, 9.17) is 4.42 Å². The number of aromatic nitrogens is 2. The topological polar surface area (TPSA) is 97.4 Å². The van der Waals surface area contributed by atoms with Crippen molar-refractivity contribution in [3.63, 3.8) is 0 Å². The molecular weight excluding hydrogens is 404 g/mol. The molecule has 1 fully saturated rings. The number of thiophene rings is 1. The van der Waals surface area contributed by atoms with Crippen molar-refractivity contribution in [1.29, 1.82) is 0 Å². The second-order valence-corrected chi connectivity index (χ2v) is 8.11. The Hall–Kier alpha value is -3.20. The predicted molar refractivity (Wildman–Crippen MR) is 112 cm³/mol. The molecule has 2 aromatic heterocycles. The summed E-state index contributed by atoms with van der Waals surface area (Å²) in [5.41, 5.74) is 1.05. The molecule has 3 aromatic rings. The molecule has 0 aliphatic carbocycles. The first-order valence-electron chi connectivity index (χ1n) is 9.81. The number of piperidine rings is 1. The monoisotopic (exact) mass is 426 g/mol. The quantitative estimate of drug-likeness (QED) is 0.651. The highest BCUT2D eigenvalue weighted by Gasteiger charge is 2.28. The van der Waals surface area contributed by atoms with Gasteiger partial charge < -0.3 is 14.6 Å². The van der Waals surface area contributed by atoms with E-state index in [1.54, 1.807) is 11.0 Å². The van der Waals surface area contributed by atoms with Crippen LogP contribution in [0.25, 0.3) is 10.8 Å². The van der Waals surface area contributed by atoms with Gasteiger partial charge in [0, 0.05) is 25.6 Å². The SMILES string of the molecule is O=C(NCc1ccccc1)C1CCN(C(=O)Cn2nc(-c3cccs3)oc2=O)CC1. The first-order valence-corrected chi connectivity index (χ1v) is 10.7. The van der Waals surface area contributed by atoms with Crippen LogP contribution in [0.1, 0.15) is 18.4 Å². The Kier molecular flexibility index (Phi) is 6.08. The lowest BCUT2D eigenvalue weighted by Gasteiger charge is -2.31. The van der Waals surface area contributed by atoms with E-state index >= 15 is 0 Å². The van der Waals surface area contributed by atoms with Crippen LogP contribution in [0.15, 0.2) is 57.1 Å². The van der Waals surface area contributed by atoms with Crippen LogP contribution in [0.5, 0.6) is 0 Å². The van der Waals surface area contributed by atoms with Crippen molar-refractivity contribution in [3.05, 3.63) is 64.0 Å². The van der Waals surface area contributed by atoms with Crippen LogP contribution in [0.4, 0.5) is 0 Å². The Morgan fingerprint density at radius 2 is 1.90 bits per heavy atom. The predicted octanol–water partition coefficient (Wildman–Crippen LogP) is 2.12. The molecule has 1 saturated heterocycles. The summed E-state index contributed by atoms with van der Waals surface area (Å²) in [5, 5.41) is 8.95. The largest absolute Gasteiger partial charge is 0.437 e. The number of amides is 2. The maximum Gasteiger partial charge on any atom is 0.437 e. The Labute approximate surface area is 177 Å². The summed E-state index contributed by atoms with van der Waals surface area (Å²) in [6, 6.07) is 13.4. The van der Waals surface area contributed by atoms with Gasteiger partial charge in [-0.2, -0.15) is 4.68 Å². The van der Waals surface area contributed by atoms with E-state index in [9.17, 15) is 14.4 Å². The zero-order chi connectivity index (χ0) is 20.9. The highest BCUT2D eigenvalue weighted by Crippen LogP contribution is 2.21. The number of nitrogens with zero attached hydrogens (tertiary/aromatic N) is 3. The Balaban J connectivity index is 1.27. The van der Waals surface area contributed by atoms with E-state index in [1.165, 1.54) is 11.3 Å². The van der Waals surface area contributed by atoms with Crippen LogP contribution < -0.4 is 11.1 Å². The third-order valence-corrected chi connectivity index (χ3v) is 6.01. The minimum atomic E-state index is -0.651. The van der Waals surface area contributed by atoms with Crippen LogP contribution in [-0.2, 0) is 22.7 Å². The molecule has 0 saturated carbocycles. The number of rotatable bonds is 6. The number of hydrogen-bond donors (Lipinski definition) is 1. The second-order valence-electron chi connectivity index (χ2n) is 7.17. The van der Waals surface area contributed by atoms with Crippen molar-refractivity contribution < 1.29 is 14.0 Å². The van der Waals surface area contributed by atoms with Gasteiger partial charge in [-0.15, -0.1) is 16.4 Å². The molecule has 1 aliphatic heterocycles. The molecule has 0 unspecified atom stereocenters. The average Bonchev–Trinajstić information content (AvgIpc) is 3.43. The van der Waals surface area contributed by atoms with Crippen molar-refractivity contribution in [2.75, 3.05) is 13.1 Å². The highest BCUT2D eigenvalue weighted by molar-refractivity contribution is 7.13. The van der Waals surface area contributed by atoms with Gasteiger partial charge in [0.15, 0.2) is 0 Å². The Bertz CT molecular complexity index is 1050. The van der Waals surface area contributed by atoms with Gasteiger partial charge in [0.1, 0.15) is 6.54 Å². The van der Waals surface area contributed by atoms with E-state index in [2.05, 4.69) is 10.4 Å². The molecule has 9 heteroatoms. The number of likely N-dealkylation sites (tertiary alicyclic amines) is 1. The van der Waals surface area contributed by atoms with Crippen LogP contribution in [0, 0.1) is 5.92 Å². The average molecular weight is 426 g/mol. The molecule has 4 rings (SSSR count). The minimum absolute atomic E-state index is 0.0132. The van der Waals surface area contributed by atoms with Crippen molar-refractivity contribution >= 4 is 23.2 Å². The third-order valence-electron chi connectivity index (χ3n) is 5.15. The normalized spacial score (nSPS) is 14.6. The summed E-state index contributed by atoms with van der Waals surface area (Å²) < 4.78 is 6.19. The molecule has 30 heavy (non-hydrogen) atoms. The lowest BCUT2D eigenvalue weighted by atomic mass is 9.95. The van der Waals surface area contributed by atoms with Gasteiger partial charge in [0.2, 0.25) is 11.8 Å². The van der Waals surface area contributed by atoms with Gasteiger partial charge in [-0.1, -0.05) is 36.4 Å². The van der Waals surface area contributed by atoms with E-state index in [-0.39, 0.29) is 30.2 Å². The maximum atomic E-state index is 12.6. The van der Waals surface area contributed by atoms with E-state index in [1.807, 2.05) is 41.8 Å². The lowest BCUT2D eigenvalue weighted by Crippen LogP contribution is -2.44. The fraction of sp³-hybridized carbons (Fsp3) is 0.333. The zero-order valence-electron chi connectivity index (χ0n) is 16.3. The van der Waals surface area contributed by atoms with Crippen molar-refractivity contribution in [2.45, 2.75) is 25.9 Å². The molecule has 8 nitrogen and oxygen atoms in total. The van der Waals surface area contributed by atoms with Gasteiger partial charge in [-0.25, -0.2) is 4.79 Å². The first kappa shape index (κ1) is 20.1. The van der Waals surface area contributed by atoms with E-state index in [0.29, 0.717) is 32.5 Å². The third kappa shape index (κ3) is 4.68. The summed E-state index contributed by atoms with van der Waals surface area (Å²) in [4.78, 5) is 39.4. The highest BCUT2D eigenvalue weighted by atomic mass is 32.1. The first-order chi connectivity index (χ1) is 14.6. The molecule has 0 atom stereocenters. The summed E-state index contributed by atoms with van der Waals surface area (Å²) in [7, 11) is 0. The molecule has 0 radical (unpaired) electrons. The number of carbonyl (C=O) groups is 2. The molecular formula is C21H22N4O4S. The molecule has 156 valence electrons. The molecule has 3 heterocycles. The van der Waals surface area contributed by atoms with Crippen molar-refractivity contribution in [1.82, 2.24) is 20.0 Å². The Morgan fingerprint density at radius 3 is 2.60 bits per heavy atom. The second kappa shape index (κ2) is 9.08.